The molecule has 0 radical (unpaired) electrons. The lowest BCUT2D eigenvalue weighted by Gasteiger charge is -2.23. The molecule has 4 nitrogen and oxygen atoms in total. The van der Waals surface area contributed by atoms with Gasteiger partial charge in [0.15, 0.2) is 0 Å². The first-order valence-electron chi connectivity index (χ1n) is 9.90. The lowest BCUT2D eigenvalue weighted by molar-refractivity contribution is 0.0702. The average Bonchev–Trinajstić information content (AvgIpc) is 3.25. The zero-order valence-corrected chi connectivity index (χ0v) is 18.4. The fourth-order valence-electron chi connectivity index (χ4n) is 4.36. The Hall–Kier alpha value is -1.11. The predicted octanol–water partition coefficient (Wildman–Crippen LogP) is 5.15. The molecule has 1 saturated carbocycles. The minimum atomic E-state index is -0.883. The summed E-state index contributed by atoms with van der Waals surface area (Å²) in [6.07, 6.45) is 4.46. The van der Waals surface area contributed by atoms with E-state index in [0.717, 1.165) is 48.1 Å². The summed E-state index contributed by atoms with van der Waals surface area (Å²) in [4.78, 5) is 12.4. The lowest BCUT2D eigenvalue weighted by atomic mass is 9.85. The maximum absolute atomic E-state index is 11.0. The number of rotatable bonds is 9. The molecule has 0 spiro atoms. The third-order valence-corrected chi connectivity index (χ3v) is 7.63. The molecule has 1 aliphatic rings. The molecule has 1 aliphatic carbocycles. The van der Waals surface area contributed by atoms with E-state index >= 15 is 0 Å². The van der Waals surface area contributed by atoms with Crippen molar-refractivity contribution < 1.29 is 20.1 Å². The maximum Gasteiger partial charge on any atom is 0.345 e. The van der Waals surface area contributed by atoms with Crippen LogP contribution in [0.5, 0.6) is 0 Å². The van der Waals surface area contributed by atoms with E-state index in [2.05, 4.69) is 0 Å². The first kappa shape index (κ1) is 22.6. The highest BCUT2D eigenvalue weighted by Crippen LogP contribution is 2.41. The normalized spacial score (nSPS) is 24.1. The van der Waals surface area contributed by atoms with E-state index in [0.29, 0.717) is 16.3 Å². The smallest absolute Gasteiger partial charge is 0.345 e. The second kappa shape index (κ2) is 10.3. The lowest BCUT2D eigenvalue weighted by Crippen LogP contribution is -2.21. The molecule has 1 aromatic carbocycles. The number of aromatic carboxylic acids is 1. The minimum absolute atomic E-state index is 0.0414. The Morgan fingerprint density at radius 2 is 1.86 bits per heavy atom. The van der Waals surface area contributed by atoms with Crippen LogP contribution in [0.15, 0.2) is 30.3 Å². The molecule has 4 atom stereocenters. The second-order valence-electron chi connectivity index (χ2n) is 7.77. The van der Waals surface area contributed by atoms with Crippen LogP contribution in [0.25, 0.3) is 0 Å². The summed E-state index contributed by atoms with van der Waals surface area (Å²) in [5.74, 6) is -0.513. The van der Waals surface area contributed by atoms with Gasteiger partial charge in [-0.05, 0) is 85.8 Å². The number of hydrogen-bond acceptors (Lipinski definition) is 4. The monoisotopic (exact) mass is 456 g/mol. The summed E-state index contributed by atoms with van der Waals surface area (Å²) >= 11 is 14.0. The molecule has 29 heavy (non-hydrogen) atoms. The molecule has 0 unspecified atom stereocenters. The van der Waals surface area contributed by atoms with E-state index in [4.69, 9.17) is 28.3 Å². The SMILES string of the molecule is O=C(O)c1ccc(CCC[C@@H]2[C@@H](CCc3cc(Cl)cc(CO)c3)[C@H](O)C[C@@H]2Cl)s1. The van der Waals surface area contributed by atoms with Crippen molar-refractivity contribution in [3.8, 4) is 0 Å². The predicted molar refractivity (Wildman–Crippen MR) is 117 cm³/mol. The number of aryl methyl sites for hydroxylation is 2. The number of aliphatic hydroxyl groups is 2. The number of carbonyl (C=O) groups is 1. The summed E-state index contributed by atoms with van der Waals surface area (Å²) in [7, 11) is 0. The standard InChI is InChI=1S/C22H26Cl2O4S/c23-15-9-13(8-14(10-15)12-25)4-6-18-17(19(24)11-20(18)26)3-1-2-16-5-7-21(29-16)22(27)28/h5,7-10,17-20,25-26H,1-4,6,11-12H2,(H,27,28)/t17-,18-,19+,20-/m1/s1. The van der Waals surface area contributed by atoms with Crippen molar-refractivity contribution in [2.75, 3.05) is 0 Å². The van der Waals surface area contributed by atoms with Gasteiger partial charge in [0.2, 0.25) is 0 Å². The zero-order chi connectivity index (χ0) is 21.0. The van der Waals surface area contributed by atoms with E-state index in [1.807, 2.05) is 18.2 Å². The highest BCUT2D eigenvalue weighted by atomic mass is 35.5. The Labute approximate surface area is 185 Å². The highest BCUT2D eigenvalue weighted by Gasteiger charge is 2.40. The highest BCUT2D eigenvalue weighted by molar-refractivity contribution is 7.13. The van der Waals surface area contributed by atoms with Crippen molar-refractivity contribution in [1.82, 2.24) is 0 Å². The van der Waals surface area contributed by atoms with Gasteiger partial charge in [-0.2, -0.15) is 0 Å². The van der Waals surface area contributed by atoms with Gasteiger partial charge >= 0.3 is 5.97 Å². The number of benzene rings is 1. The van der Waals surface area contributed by atoms with Crippen molar-refractivity contribution in [3.05, 3.63) is 56.2 Å². The van der Waals surface area contributed by atoms with Crippen LogP contribution in [0.2, 0.25) is 5.02 Å². The Morgan fingerprint density at radius 1 is 1.10 bits per heavy atom. The molecule has 0 amide bonds. The molecule has 3 N–H and O–H groups in total. The van der Waals surface area contributed by atoms with Gasteiger partial charge in [-0.15, -0.1) is 22.9 Å². The van der Waals surface area contributed by atoms with Gasteiger partial charge < -0.3 is 15.3 Å². The summed E-state index contributed by atoms with van der Waals surface area (Å²) in [5.41, 5.74) is 1.85. The Morgan fingerprint density at radius 3 is 2.55 bits per heavy atom. The van der Waals surface area contributed by atoms with Crippen LogP contribution in [0.1, 0.15) is 51.4 Å². The van der Waals surface area contributed by atoms with Gasteiger partial charge in [-0.3, -0.25) is 0 Å². The van der Waals surface area contributed by atoms with Crippen molar-refractivity contribution in [1.29, 1.82) is 0 Å². The maximum atomic E-state index is 11.0. The number of thiophene rings is 1. The molecule has 1 fully saturated rings. The van der Waals surface area contributed by atoms with Crippen LogP contribution in [-0.2, 0) is 19.4 Å². The fourth-order valence-corrected chi connectivity index (χ4v) is 6.02. The third-order valence-electron chi connectivity index (χ3n) is 5.77. The molecule has 1 heterocycles. The number of halogens is 2. The molecule has 3 rings (SSSR count). The summed E-state index contributed by atoms with van der Waals surface area (Å²) in [6.45, 7) is -0.0433. The number of carboxylic acid groups (broad SMARTS) is 1. The van der Waals surface area contributed by atoms with E-state index in [9.17, 15) is 15.0 Å². The Balaban J connectivity index is 1.57. The van der Waals surface area contributed by atoms with Crippen LogP contribution in [0.3, 0.4) is 0 Å². The Kier molecular flexibility index (Phi) is 7.99. The molecule has 0 bridgehead atoms. The average molecular weight is 457 g/mol. The number of aliphatic hydroxyl groups excluding tert-OH is 2. The van der Waals surface area contributed by atoms with Crippen LogP contribution in [0, 0.1) is 11.8 Å². The summed E-state index contributed by atoms with van der Waals surface area (Å²) < 4.78 is 0. The van der Waals surface area contributed by atoms with Crippen LogP contribution >= 0.6 is 34.5 Å². The van der Waals surface area contributed by atoms with Crippen molar-refractivity contribution in [2.45, 2.75) is 56.6 Å². The van der Waals surface area contributed by atoms with Gasteiger partial charge in [0.25, 0.3) is 0 Å². The molecule has 7 heteroatoms. The fraction of sp³-hybridized carbons (Fsp3) is 0.500. The molecule has 158 valence electrons. The third kappa shape index (κ3) is 5.96. The van der Waals surface area contributed by atoms with Gasteiger partial charge in [-0.1, -0.05) is 17.7 Å². The zero-order valence-electron chi connectivity index (χ0n) is 16.1. The van der Waals surface area contributed by atoms with E-state index < -0.39 is 12.1 Å². The van der Waals surface area contributed by atoms with E-state index in [1.165, 1.54) is 11.3 Å². The van der Waals surface area contributed by atoms with Crippen molar-refractivity contribution >= 4 is 40.5 Å². The topological polar surface area (TPSA) is 77.8 Å². The van der Waals surface area contributed by atoms with Gasteiger partial charge in [0.05, 0.1) is 12.7 Å². The molecule has 0 saturated heterocycles. The molecule has 1 aromatic heterocycles. The molecule has 0 aliphatic heterocycles. The van der Waals surface area contributed by atoms with Crippen LogP contribution in [-0.4, -0.2) is 32.8 Å². The molecular formula is C22H26Cl2O4S. The van der Waals surface area contributed by atoms with E-state index in [1.54, 1.807) is 12.1 Å². The number of carboxylic acids is 1. The Bertz CT molecular complexity index is 838. The van der Waals surface area contributed by atoms with Crippen molar-refractivity contribution in [2.24, 2.45) is 11.8 Å². The van der Waals surface area contributed by atoms with Crippen LogP contribution in [0.4, 0.5) is 0 Å². The summed E-state index contributed by atoms with van der Waals surface area (Å²) in [5, 5.41) is 29.5. The quantitative estimate of drug-likeness (QED) is 0.455. The first-order chi connectivity index (χ1) is 13.9. The van der Waals surface area contributed by atoms with Crippen molar-refractivity contribution in [3.63, 3.8) is 0 Å². The first-order valence-corrected chi connectivity index (χ1v) is 11.5. The van der Waals surface area contributed by atoms with Gasteiger partial charge in [0, 0.05) is 15.3 Å². The number of alkyl halides is 1. The number of hydrogen-bond donors (Lipinski definition) is 3. The van der Waals surface area contributed by atoms with Crippen LogP contribution < -0.4 is 0 Å². The minimum Gasteiger partial charge on any atom is -0.477 e. The van der Waals surface area contributed by atoms with Gasteiger partial charge in [-0.25, -0.2) is 4.79 Å². The molecular weight excluding hydrogens is 431 g/mol. The van der Waals surface area contributed by atoms with E-state index in [-0.39, 0.29) is 23.8 Å². The molecule has 2 aromatic rings. The summed E-state index contributed by atoms with van der Waals surface area (Å²) in [6, 6.07) is 9.16. The largest absolute Gasteiger partial charge is 0.477 e. The second-order valence-corrected chi connectivity index (χ2v) is 9.94. The van der Waals surface area contributed by atoms with Gasteiger partial charge in [0.1, 0.15) is 4.88 Å².